The first-order valence-corrected chi connectivity index (χ1v) is 9.33. The largest absolute Gasteiger partial charge is 0.356 e. The van der Waals surface area contributed by atoms with Crippen molar-refractivity contribution in [2.45, 2.75) is 18.4 Å². The van der Waals surface area contributed by atoms with Gasteiger partial charge in [0.15, 0.2) is 11.8 Å². The molecular weight excluding hydrogens is 483 g/mol. The summed E-state index contributed by atoms with van der Waals surface area (Å²) in [5.74, 6) is 3.35. The van der Waals surface area contributed by atoms with Crippen molar-refractivity contribution in [1.82, 2.24) is 25.4 Å². The molecular formula is C17H24ClIN6S. The molecule has 9 heteroatoms. The van der Waals surface area contributed by atoms with E-state index in [1.165, 1.54) is 4.90 Å². The Morgan fingerprint density at radius 2 is 2.04 bits per heavy atom. The number of nitrogens with one attached hydrogen (secondary N) is 2. The molecule has 0 amide bonds. The molecule has 0 saturated heterocycles. The minimum absolute atomic E-state index is 0. The monoisotopic (exact) mass is 506 g/mol. The van der Waals surface area contributed by atoms with Gasteiger partial charge in [0.2, 0.25) is 0 Å². The molecule has 0 fully saturated rings. The number of hydrogen-bond acceptors (Lipinski definition) is 4. The van der Waals surface area contributed by atoms with Crippen LogP contribution in [0.15, 0.2) is 46.8 Å². The Morgan fingerprint density at radius 3 is 2.65 bits per heavy atom. The van der Waals surface area contributed by atoms with E-state index in [1.54, 1.807) is 17.8 Å². The van der Waals surface area contributed by atoms with Crippen molar-refractivity contribution in [3.63, 3.8) is 0 Å². The van der Waals surface area contributed by atoms with Crippen LogP contribution in [0.4, 0.5) is 0 Å². The first-order valence-electron chi connectivity index (χ1n) is 7.96. The van der Waals surface area contributed by atoms with E-state index < -0.39 is 0 Å². The van der Waals surface area contributed by atoms with Crippen LogP contribution in [0.25, 0.3) is 0 Å². The van der Waals surface area contributed by atoms with Crippen LogP contribution in [0.5, 0.6) is 0 Å². The summed E-state index contributed by atoms with van der Waals surface area (Å²) in [5.41, 5.74) is 0. The Bertz CT molecular complexity index is 717. The molecule has 0 radical (unpaired) electrons. The van der Waals surface area contributed by atoms with Crippen LogP contribution < -0.4 is 10.6 Å². The Kier molecular flexibility index (Phi) is 10.7. The van der Waals surface area contributed by atoms with E-state index in [1.807, 2.05) is 42.8 Å². The van der Waals surface area contributed by atoms with Crippen molar-refractivity contribution in [2.75, 3.05) is 18.8 Å². The number of thioether (sulfide) groups is 1. The zero-order chi connectivity index (χ0) is 18.1. The van der Waals surface area contributed by atoms with Crippen LogP contribution in [-0.4, -0.2) is 39.6 Å². The summed E-state index contributed by atoms with van der Waals surface area (Å²) in [6.45, 7) is 7.54. The number of guanidine groups is 1. The van der Waals surface area contributed by atoms with Crippen LogP contribution in [-0.2, 0) is 13.6 Å². The van der Waals surface area contributed by atoms with Gasteiger partial charge in [0.25, 0.3) is 0 Å². The van der Waals surface area contributed by atoms with Crippen LogP contribution in [0, 0.1) is 6.92 Å². The Labute approximate surface area is 180 Å². The predicted octanol–water partition coefficient (Wildman–Crippen LogP) is 3.41. The molecule has 0 atom stereocenters. The number of benzene rings is 1. The summed E-state index contributed by atoms with van der Waals surface area (Å²) in [6.07, 6.45) is 1.80. The molecule has 2 N–H and O–H groups in total. The summed E-state index contributed by atoms with van der Waals surface area (Å²) in [6, 6.07) is 7.85. The third-order valence-corrected chi connectivity index (χ3v) is 4.72. The van der Waals surface area contributed by atoms with Crippen LogP contribution in [0.3, 0.4) is 0 Å². The first kappa shape index (κ1) is 22.8. The SMILES string of the molecule is C=CCNC(=NCc1nnc(C)n1C)NCCSc1ccc(Cl)cc1.I. The van der Waals surface area contributed by atoms with Gasteiger partial charge in [0.05, 0.1) is 0 Å². The summed E-state index contributed by atoms with van der Waals surface area (Å²) < 4.78 is 1.94. The second-order valence-electron chi connectivity index (χ2n) is 5.29. The van der Waals surface area contributed by atoms with Gasteiger partial charge in [-0.2, -0.15) is 0 Å². The Hall–Kier alpha value is -1.26. The summed E-state index contributed by atoms with van der Waals surface area (Å²) in [4.78, 5) is 5.75. The fourth-order valence-electron chi connectivity index (χ4n) is 1.95. The Balaban J connectivity index is 0.00000338. The van der Waals surface area contributed by atoms with Gasteiger partial charge in [-0.1, -0.05) is 17.7 Å². The number of aliphatic imine (C=N–C) groups is 1. The van der Waals surface area contributed by atoms with Crippen molar-refractivity contribution in [3.8, 4) is 0 Å². The maximum Gasteiger partial charge on any atom is 0.191 e. The molecule has 1 heterocycles. The highest BCUT2D eigenvalue weighted by molar-refractivity contribution is 14.0. The average Bonchev–Trinajstić information content (AvgIpc) is 2.93. The van der Waals surface area contributed by atoms with E-state index in [4.69, 9.17) is 11.6 Å². The highest BCUT2D eigenvalue weighted by Gasteiger charge is 2.05. The molecule has 0 spiro atoms. The second-order valence-corrected chi connectivity index (χ2v) is 6.89. The molecule has 2 rings (SSSR count). The minimum Gasteiger partial charge on any atom is -0.356 e. The van der Waals surface area contributed by atoms with E-state index in [9.17, 15) is 0 Å². The zero-order valence-electron chi connectivity index (χ0n) is 14.9. The third kappa shape index (κ3) is 7.55. The lowest BCUT2D eigenvalue weighted by atomic mass is 10.4. The number of aryl methyl sites for hydroxylation is 1. The van der Waals surface area contributed by atoms with E-state index in [0.29, 0.717) is 13.1 Å². The lowest BCUT2D eigenvalue weighted by Crippen LogP contribution is -2.38. The van der Waals surface area contributed by atoms with Gasteiger partial charge in [-0.3, -0.25) is 0 Å². The van der Waals surface area contributed by atoms with Gasteiger partial charge >= 0.3 is 0 Å². The van der Waals surface area contributed by atoms with Gasteiger partial charge in [-0.25, -0.2) is 4.99 Å². The standard InChI is InChI=1S/C17H23ClN6S.HI/c1-4-9-19-17(21-12-16-23-22-13(2)24(16)3)20-10-11-25-15-7-5-14(18)6-8-15;/h4-8H,1,9-12H2,2-3H3,(H2,19,20,21);1H. The van der Waals surface area contributed by atoms with E-state index >= 15 is 0 Å². The van der Waals surface area contributed by atoms with Crippen molar-refractivity contribution >= 4 is 53.3 Å². The van der Waals surface area contributed by atoms with Gasteiger partial charge in [-0.15, -0.1) is 52.5 Å². The van der Waals surface area contributed by atoms with Gasteiger partial charge < -0.3 is 15.2 Å². The number of halogens is 2. The molecule has 1 aromatic heterocycles. The second kappa shape index (κ2) is 12.2. The molecule has 2 aromatic rings. The lowest BCUT2D eigenvalue weighted by Gasteiger charge is -2.11. The molecule has 26 heavy (non-hydrogen) atoms. The fraction of sp³-hybridized carbons (Fsp3) is 0.353. The topological polar surface area (TPSA) is 67.1 Å². The Morgan fingerprint density at radius 1 is 1.31 bits per heavy atom. The van der Waals surface area contributed by atoms with Crippen molar-refractivity contribution in [3.05, 3.63) is 53.6 Å². The molecule has 0 saturated carbocycles. The van der Waals surface area contributed by atoms with Crippen LogP contribution >= 0.6 is 47.3 Å². The molecule has 0 unspecified atom stereocenters. The third-order valence-electron chi connectivity index (χ3n) is 3.45. The summed E-state index contributed by atoms with van der Waals surface area (Å²) in [5, 5.41) is 15.5. The smallest absolute Gasteiger partial charge is 0.191 e. The van der Waals surface area contributed by atoms with Crippen LogP contribution in [0.1, 0.15) is 11.6 Å². The normalized spacial score (nSPS) is 11.0. The molecule has 6 nitrogen and oxygen atoms in total. The maximum atomic E-state index is 5.90. The highest BCUT2D eigenvalue weighted by atomic mass is 127. The summed E-state index contributed by atoms with van der Waals surface area (Å²) >= 11 is 7.66. The molecule has 1 aromatic carbocycles. The quantitative estimate of drug-likeness (QED) is 0.143. The number of aromatic nitrogens is 3. The lowest BCUT2D eigenvalue weighted by molar-refractivity contribution is 0.763. The number of rotatable bonds is 8. The van der Waals surface area contributed by atoms with Gasteiger partial charge in [-0.05, 0) is 31.2 Å². The van der Waals surface area contributed by atoms with E-state index in [0.717, 1.165) is 34.9 Å². The minimum atomic E-state index is 0. The molecule has 0 bridgehead atoms. The predicted molar refractivity (Wildman–Crippen MR) is 121 cm³/mol. The summed E-state index contributed by atoms with van der Waals surface area (Å²) in [7, 11) is 1.94. The molecule has 0 aliphatic heterocycles. The van der Waals surface area contributed by atoms with E-state index in [-0.39, 0.29) is 24.0 Å². The van der Waals surface area contributed by atoms with Gasteiger partial charge in [0.1, 0.15) is 12.4 Å². The molecule has 142 valence electrons. The number of nitrogens with zero attached hydrogens (tertiary/aromatic N) is 4. The average molecular weight is 507 g/mol. The van der Waals surface area contributed by atoms with Crippen molar-refractivity contribution in [2.24, 2.45) is 12.0 Å². The van der Waals surface area contributed by atoms with E-state index in [2.05, 4.69) is 32.4 Å². The van der Waals surface area contributed by atoms with Gasteiger partial charge in [0, 0.05) is 35.8 Å². The zero-order valence-corrected chi connectivity index (χ0v) is 18.8. The van der Waals surface area contributed by atoms with Crippen molar-refractivity contribution in [1.29, 1.82) is 0 Å². The fourth-order valence-corrected chi connectivity index (χ4v) is 2.85. The molecule has 0 aliphatic rings. The number of hydrogen-bond donors (Lipinski definition) is 2. The molecule has 0 aliphatic carbocycles. The maximum absolute atomic E-state index is 5.90. The first-order chi connectivity index (χ1) is 12.1. The highest BCUT2D eigenvalue weighted by Crippen LogP contribution is 2.19. The van der Waals surface area contributed by atoms with Crippen molar-refractivity contribution < 1.29 is 0 Å². The van der Waals surface area contributed by atoms with Crippen LogP contribution in [0.2, 0.25) is 5.02 Å².